The molecular formula is C14H12N4OS. The van der Waals surface area contributed by atoms with Crippen molar-refractivity contribution in [1.82, 2.24) is 19.7 Å². The van der Waals surface area contributed by atoms with E-state index in [9.17, 15) is 4.79 Å². The Hall–Kier alpha value is -2.34. The van der Waals surface area contributed by atoms with Crippen molar-refractivity contribution in [3.05, 3.63) is 46.7 Å². The maximum Gasteiger partial charge on any atom is 0.250 e. The van der Waals surface area contributed by atoms with E-state index in [1.807, 2.05) is 37.4 Å². The Morgan fingerprint density at radius 1 is 1.25 bits per heavy atom. The van der Waals surface area contributed by atoms with Crippen molar-refractivity contribution >= 4 is 17.6 Å². The molecule has 3 rings (SSSR count). The van der Waals surface area contributed by atoms with Gasteiger partial charge in [0.25, 0.3) is 5.95 Å². The molecule has 0 bridgehead atoms. The molecule has 3 heterocycles. The number of rotatable bonds is 3. The molecule has 0 aliphatic rings. The number of nitrogens with zero attached hydrogens (tertiary/aromatic N) is 4. The summed E-state index contributed by atoms with van der Waals surface area (Å²) >= 11 is 1.54. The summed E-state index contributed by atoms with van der Waals surface area (Å²) in [6, 6.07) is 5.77. The molecule has 0 radical (unpaired) electrons. The number of carbonyl (C=O) groups excluding carboxylic acids is 1. The van der Waals surface area contributed by atoms with Crippen LogP contribution in [0.3, 0.4) is 0 Å². The van der Waals surface area contributed by atoms with Crippen molar-refractivity contribution in [2.45, 2.75) is 13.8 Å². The highest BCUT2D eigenvalue weighted by Crippen LogP contribution is 2.26. The van der Waals surface area contributed by atoms with Gasteiger partial charge in [-0.05, 0) is 31.4 Å². The maximum atomic E-state index is 11.2. The van der Waals surface area contributed by atoms with Gasteiger partial charge in [0.1, 0.15) is 5.69 Å². The third-order valence-corrected chi connectivity index (χ3v) is 3.68. The number of thiophene rings is 1. The van der Waals surface area contributed by atoms with Crippen LogP contribution in [-0.4, -0.2) is 26.0 Å². The lowest BCUT2D eigenvalue weighted by atomic mass is 10.2. The fourth-order valence-corrected chi connectivity index (χ4v) is 2.72. The summed E-state index contributed by atoms with van der Waals surface area (Å²) in [7, 11) is 0. The van der Waals surface area contributed by atoms with Gasteiger partial charge in [-0.15, -0.1) is 11.3 Å². The fourth-order valence-electron chi connectivity index (χ4n) is 1.99. The molecule has 0 aromatic carbocycles. The third-order valence-electron chi connectivity index (χ3n) is 2.80. The molecule has 3 aromatic rings. The molecule has 0 saturated heterocycles. The van der Waals surface area contributed by atoms with E-state index in [4.69, 9.17) is 0 Å². The van der Waals surface area contributed by atoms with Gasteiger partial charge < -0.3 is 0 Å². The number of carbonyl (C=O) groups is 1. The van der Waals surface area contributed by atoms with Crippen LogP contribution in [0.5, 0.6) is 0 Å². The topological polar surface area (TPSA) is 60.7 Å². The molecule has 0 amide bonds. The minimum atomic E-state index is 0.480. The number of hydrogen-bond acceptors (Lipinski definition) is 5. The third kappa shape index (κ3) is 2.25. The van der Waals surface area contributed by atoms with Crippen LogP contribution < -0.4 is 0 Å². The molecule has 0 saturated carbocycles. The van der Waals surface area contributed by atoms with Crippen molar-refractivity contribution in [1.29, 1.82) is 0 Å². The van der Waals surface area contributed by atoms with Gasteiger partial charge in [-0.2, -0.15) is 5.10 Å². The number of aromatic nitrogens is 4. The van der Waals surface area contributed by atoms with Gasteiger partial charge in [0.2, 0.25) is 0 Å². The van der Waals surface area contributed by atoms with Gasteiger partial charge in [0.05, 0.1) is 10.4 Å². The monoisotopic (exact) mass is 284 g/mol. The van der Waals surface area contributed by atoms with E-state index in [0.717, 1.165) is 22.6 Å². The Morgan fingerprint density at radius 2 is 2.00 bits per heavy atom. The summed E-state index contributed by atoms with van der Waals surface area (Å²) in [6.07, 6.45) is 2.47. The van der Waals surface area contributed by atoms with Crippen LogP contribution in [0.4, 0.5) is 0 Å². The van der Waals surface area contributed by atoms with Crippen LogP contribution in [0.2, 0.25) is 0 Å². The second-order valence-electron chi connectivity index (χ2n) is 4.42. The number of aldehydes is 1. The molecule has 0 spiro atoms. The van der Waals surface area contributed by atoms with Crippen molar-refractivity contribution in [3.8, 4) is 16.5 Å². The Kier molecular flexibility index (Phi) is 3.15. The molecule has 0 unspecified atom stereocenters. The molecule has 0 N–H and O–H groups in total. The van der Waals surface area contributed by atoms with E-state index in [1.54, 1.807) is 22.2 Å². The first-order valence-electron chi connectivity index (χ1n) is 6.09. The quantitative estimate of drug-likeness (QED) is 0.694. The first kappa shape index (κ1) is 12.7. The molecule has 0 fully saturated rings. The van der Waals surface area contributed by atoms with E-state index in [2.05, 4.69) is 15.1 Å². The van der Waals surface area contributed by atoms with Gasteiger partial charge in [-0.3, -0.25) is 4.79 Å². The van der Waals surface area contributed by atoms with Crippen LogP contribution in [0.15, 0.2) is 29.8 Å². The second kappa shape index (κ2) is 4.97. The molecule has 6 heteroatoms. The summed E-state index contributed by atoms with van der Waals surface area (Å²) in [5.74, 6) is 0.480. The average molecular weight is 284 g/mol. The first-order valence-corrected chi connectivity index (χ1v) is 6.97. The van der Waals surface area contributed by atoms with Crippen LogP contribution in [-0.2, 0) is 0 Å². The largest absolute Gasteiger partial charge is 0.298 e. The molecule has 0 aliphatic carbocycles. The minimum Gasteiger partial charge on any atom is -0.298 e. The smallest absolute Gasteiger partial charge is 0.250 e. The van der Waals surface area contributed by atoms with E-state index in [-0.39, 0.29) is 0 Å². The standard InChI is InChI=1S/C14H12N4OS/c1-9-6-10(2)16-14(15-9)18-7-11(8-19)13(17-18)12-4-3-5-20-12/h3-8H,1-2H3. The van der Waals surface area contributed by atoms with Crippen LogP contribution in [0, 0.1) is 13.8 Å². The molecule has 20 heavy (non-hydrogen) atoms. The lowest BCUT2D eigenvalue weighted by Gasteiger charge is -2.02. The van der Waals surface area contributed by atoms with Gasteiger partial charge in [0, 0.05) is 17.6 Å². The van der Waals surface area contributed by atoms with Gasteiger partial charge in [0.15, 0.2) is 6.29 Å². The molecule has 100 valence electrons. The van der Waals surface area contributed by atoms with Crippen LogP contribution >= 0.6 is 11.3 Å². The Labute approximate surface area is 119 Å². The Balaban J connectivity index is 2.14. The predicted molar refractivity (Wildman–Crippen MR) is 77.3 cm³/mol. The zero-order valence-corrected chi connectivity index (χ0v) is 11.9. The van der Waals surface area contributed by atoms with Gasteiger partial charge in [-0.25, -0.2) is 14.6 Å². The predicted octanol–water partition coefficient (Wildman–Crippen LogP) is 2.82. The van der Waals surface area contributed by atoms with Gasteiger partial charge >= 0.3 is 0 Å². The number of aryl methyl sites for hydroxylation is 2. The summed E-state index contributed by atoms with van der Waals surface area (Å²) in [5.41, 5.74) is 2.94. The van der Waals surface area contributed by atoms with Crippen molar-refractivity contribution in [2.24, 2.45) is 0 Å². The minimum absolute atomic E-state index is 0.480. The van der Waals surface area contributed by atoms with E-state index in [1.165, 1.54) is 0 Å². The molecule has 0 atom stereocenters. The highest BCUT2D eigenvalue weighted by atomic mass is 32.1. The lowest BCUT2D eigenvalue weighted by Crippen LogP contribution is -2.04. The zero-order valence-electron chi connectivity index (χ0n) is 11.1. The normalized spacial score (nSPS) is 10.7. The van der Waals surface area contributed by atoms with E-state index < -0.39 is 0 Å². The van der Waals surface area contributed by atoms with Gasteiger partial charge in [-0.1, -0.05) is 6.07 Å². The highest BCUT2D eigenvalue weighted by Gasteiger charge is 2.14. The summed E-state index contributed by atoms with van der Waals surface area (Å²) < 4.78 is 1.55. The summed E-state index contributed by atoms with van der Waals surface area (Å²) in [4.78, 5) is 20.9. The van der Waals surface area contributed by atoms with Crippen molar-refractivity contribution in [2.75, 3.05) is 0 Å². The Bertz CT molecular complexity index is 741. The fraction of sp³-hybridized carbons (Fsp3) is 0.143. The SMILES string of the molecule is Cc1cc(C)nc(-n2cc(C=O)c(-c3cccs3)n2)n1. The van der Waals surface area contributed by atoms with Crippen molar-refractivity contribution < 1.29 is 4.79 Å². The second-order valence-corrected chi connectivity index (χ2v) is 5.37. The van der Waals surface area contributed by atoms with Crippen molar-refractivity contribution in [3.63, 3.8) is 0 Å². The van der Waals surface area contributed by atoms with Crippen LogP contribution in [0.25, 0.3) is 16.5 Å². The molecule has 5 nitrogen and oxygen atoms in total. The van der Waals surface area contributed by atoms with Crippen LogP contribution in [0.1, 0.15) is 21.7 Å². The van der Waals surface area contributed by atoms with E-state index >= 15 is 0 Å². The first-order chi connectivity index (χ1) is 9.67. The maximum absolute atomic E-state index is 11.2. The molecule has 3 aromatic heterocycles. The average Bonchev–Trinajstić information content (AvgIpc) is 3.06. The highest BCUT2D eigenvalue weighted by molar-refractivity contribution is 7.13. The summed E-state index contributed by atoms with van der Waals surface area (Å²) in [6.45, 7) is 3.81. The molecule has 0 aliphatic heterocycles. The number of hydrogen-bond donors (Lipinski definition) is 0. The lowest BCUT2D eigenvalue weighted by molar-refractivity contribution is 0.112. The zero-order chi connectivity index (χ0) is 14.1. The Morgan fingerprint density at radius 3 is 2.60 bits per heavy atom. The van der Waals surface area contributed by atoms with E-state index in [0.29, 0.717) is 17.2 Å². The summed E-state index contributed by atoms with van der Waals surface area (Å²) in [5, 5.41) is 6.40. The molecular weight excluding hydrogens is 272 g/mol.